The molecule has 0 aliphatic heterocycles. The van der Waals surface area contributed by atoms with Crippen molar-refractivity contribution in [3.63, 3.8) is 0 Å². The molecule has 7 nitrogen and oxygen atoms in total. The molecule has 2 amide bonds. The minimum Gasteiger partial charge on any atom is -0.322 e. The number of nitrogens with one attached hydrogen (secondary N) is 3. The van der Waals surface area contributed by atoms with Gasteiger partial charge >= 0.3 is 0 Å². The van der Waals surface area contributed by atoms with E-state index in [0.29, 0.717) is 29.0 Å². The predicted molar refractivity (Wildman–Crippen MR) is 125 cm³/mol. The lowest BCUT2D eigenvalue weighted by Crippen LogP contribution is -2.24. The first-order chi connectivity index (χ1) is 15.4. The lowest BCUT2D eigenvalue weighted by molar-refractivity contribution is 0.102. The van der Waals surface area contributed by atoms with E-state index < -0.39 is 10.0 Å². The molecule has 0 fully saturated rings. The maximum absolute atomic E-state index is 12.5. The second-order valence-corrected chi connectivity index (χ2v) is 8.89. The van der Waals surface area contributed by atoms with Crippen molar-refractivity contribution in [2.24, 2.45) is 0 Å². The smallest absolute Gasteiger partial charge is 0.255 e. The van der Waals surface area contributed by atoms with Crippen molar-refractivity contribution >= 4 is 33.2 Å². The lowest BCUT2D eigenvalue weighted by atomic mass is 10.1. The highest BCUT2D eigenvalue weighted by Gasteiger charge is 2.14. The van der Waals surface area contributed by atoms with E-state index in [1.807, 2.05) is 13.0 Å². The molecule has 3 rings (SSSR count). The van der Waals surface area contributed by atoms with Crippen LogP contribution in [0.2, 0.25) is 0 Å². The summed E-state index contributed by atoms with van der Waals surface area (Å²) in [5.41, 5.74) is 1.99. The lowest BCUT2D eigenvalue weighted by Gasteiger charge is -2.09. The van der Waals surface area contributed by atoms with Gasteiger partial charge in [0.1, 0.15) is 0 Å². The Balaban J connectivity index is 1.59. The van der Waals surface area contributed by atoms with E-state index in [0.717, 1.165) is 12.8 Å². The van der Waals surface area contributed by atoms with Crippen molar-refractivity contribution in [2.45, 2.75) is 24.7 Å². The van der Waals surface area contributed by atoms with Gasteiger partial charge in [-0.15, -0.1) is 0 Å². The SMILES string of the molecule is CCCCNS(=O)(=O)c1ccc(NC(=O)c2ccc(NC(=O)c3ccccc3)cc2)cc1. The van der Waals surface area contributed by atoms with Crippen molar-refractivity contribution < 1.29 is 18.0 Å². The molecular formula is C24H25N3O4S. The maximum Gasteiger partial charge on any atom is 0.255 e. The van der Waals surface area contributed by atoms with Crippen LogP contribution in [0.1, 0.15) is 40.5 Å². The van der Waals surface area contributed by atoms with Crippen LogP contribution in [-0.4, -0.2) is 26.8 Å². The van der Waals surface area contributed by atoms with E-state index in [1.54, 1.807) is 60.7 Å². The van der Waals surface area contributed by atoms with Crippen LogP contribution in [0.15, 0.2) is 83.8 Å². The minimum atomic E-state index is -3.56. The number of benzene rings is 3. The van der Waals surface area contributed by atoms with Gasteiger partial charge in [-0.3, -0.25) is 9.59 Å². The van der Waals surface area contributed by atoms with Crippen LogP contribution >= 0.6 is 0 Å². The molecule has 0 aliphatic rings. The Hall–Kier alpha value is -3.49. The van der Waals surface area contributed by atoms with E-state index in [2.05, 4.69) is 15.4 Å². The maximum atomic E-state index is 12.5. The molecule has 0 radical (unpaired) electrons. The third-order valence-corrected chi connectivity index (χ3v) is 6.16. The monoisotopic (exact) mass is 451 g/mol. The summed E-state index contributed by atoms with van der Waals surface area (Å²) >= 11 is 0. The molecule has 0 spiro atoms. The summed E-state index contributed by atoms with van der Waals surface area (Å²) < 4.78 is 27.0. The van der Waals surface area contributed by atoms with E-state index >= 15 is 0 Å². The third-order valence-electron chi connectivity index (χ3n) is 4.69. The number of hydrogen-bond acceptors (Lipinski definition) is 4. The summed E-state index contributed by atoms with van der Waals surface area (Å²) in [6.07, 6.45) is 1.66. The number of carbonyl (C=O) groups excluding carboxylic acids is 2. The normalized spacial score (nSPS) is 11.0. The van der Waals surface area contributed by atoms with Crippen molar-refractivity contribution in [3.05, 3.63) is 90.0 Å². The Morgan fingerprint density at radius 2 is 1.22 bits per heavy atom. The number of carbonyl (C=O) groups is 2. The standard InChI is InChI=1S/C24H25N3O4S/c1-2-3-17-25-32(30,31)22-15-13-21(14-16-22)27-24(29)19-9-11-20(12-10-19)26-23(28)18-7-5-4-6-8-18/h4-16,25H,2-3,17H2,1H3,(H,26,28)(H,27,29). The van der Waals surface area contributed by atoms with Gasteiger partial charge in [0.15, 0.2) is 0 Å². The quantitative estimate of drug-likeness (QED) is 0.423. The van der Waals surface area contributed by atoms with Crippen LogP contribution in [-0.2, 0) is 10.0 Å². The molecule has 0 atom stereocenters. The first-order valence-corrected chi connectivity index (χ1v) is 11.7. The number of hydrogen-bond donors (Lipinski definition) is 3. The number of sulfonamides is 1. The summed E-state index contributed by atoms with van der Waals surface area (Å²) in [5.74, 6) is -0.579. The predicted octanol–water partition coefficient (Wildman–Crippen LogP) is 4.27. The van der Waals surface area contributed by atoms with Gasteiger partial charge in [0.25, 0.3) is 11.8 Å². The summed E-state index contributed by atoms with van der Waals surface area (Å²) in [4.78, 5) is 24.8. The molecule has 32 heavy (non-hydrogen) atoms. The fourth-order valence-corrected chi connectivity index (χ4v) is 3.96. The van der Waals surface area contributed by atoms with Crippen LogP contribution in [0.25, 0.3) is 0 Å². The van der Waals surface area contributed by atoms with Crippen molar-refractivity contribution in [2.75, 3.05) is 17.2 Å². The summed E-state index contributed by atoms with van der Waals surface area (Å²) in [5, 5.41) is 5.51. The second kappa shape index (κ2) is 10.7. The van der Waals surface area contributed by atoms with E-state index in [-0.39, 0.29) is 16.7 Å². The van der Waals surface area contributed by atoms with Gasteiger partial charge < -0.3 is 10.6 Å². The molecule has 166 valence electrons. The molecule has 3 N–H and O–H groups in total. The Labute approximate surface area is 187 Å². The molecule has 0 heterocycles. The molecular weight excluding hydrogens is 426 g/mol. The Bertz CT molecular complexity index is 1160. The number of rotatable bonds is 9. The van der Waals surface area contributed by atoms with Crippen molar-refractivity contribution in [3.8, 4) is 0 Å². The van der Waals surface area contributed by atoms with Crippen LogP contribution in [0.5, 0.6) is 0 Å². The minimum absolute atomic E-state index is 0.144. The molecule has 0 saturated carbocycles. The topological polar surface area (TPSA) is 104 Å². The van der Waals surface area contributed by atoms with Crippen LogP contribution in [0.3, 0.4) is 0 Å². The van der Waals surface area contributed by atoms with Gasteiger partial charge in [0.05, 0.1) is 4.90 Å². The fraction of sp³-hybridized carbons (Fsp3) is 0.167. The van der Waals surface area contributed by atoms with E-state index in [4.69, 9.17) is 0 Å². The van der Waals surface area contributed by atoms with Gasteiger partial charge in [-0.1, -0.05) is 31.5 Å². The molecule has 0 saturated heterocycles. The second-order valence-electron chi connectivity index (χ2n) is 7.13. The number of unbranched alkanes of at least 4 members (excludes halogenated alkanes) is 1. The first-order valence-electron chi connectivity index (χ1n) is 10.3. The van der Waals surface area contributed by atoms with Gasteiger partial charge in [-0.2, -0.15) is 0 Å². The Kier molecular flexibility index (Phi) is 7.75. The van der Waals surface area contributed by atoms with Crippen molar-refractivity contribution in [1.29, 1.82) is 0 Å². The van der Waals surface area contributed by atoms with Gasteiger partial charge in [-0.25, -0.2) is 13.1 Å². The highest BCUT2D eigenvalue weighted by Crippen LogP contribution is 2.16. The highest BCUT2D eigenvalue weighted by atomic mass is 32.2. The summed E-state index contributed by atoms with van der Waals surface area (Å²) in [6, 6.07) is 21.3. The zero-order valence-corrected chi connectivity index (χ0v) is 18.5. The summed E-state index contributed by atoms with van der Waals surface area (Å²) in [7, 11) is -3.56. The third kappa shape index (κ3) is 6.26. The van der Waals surface area contributed by atoms with Crippen molar-refractivity contribution in [1.82, 2.24) is 4.72 Å². The van der Waals surface area contributed by atoms with Gasteiger partial charge in [-0.05, 0) is 67.1 Å². The zero-order valence-electron chi connectivity index (χ0n) is 17.7. The van der Waals surface area contributed by atoms with E-state index in [9.17, 15) is 18.0 Å². The molecule has 3 aromatic rings. The molecule has 3 aromatic carbocycles. The number of anilines is 2. The zero-order chi connectivity index (χ0) is 23.0. The Morgan fingerprint density at radius 1 is 0.719 bits per heavy atom. The van der Waals surface area contributed by atoms with Gasteiger partial charge in [0, 0.05) is 29.0 Å². The summed E-state index contributed by atoms with van der Waals surface area (Å²) in [6.45, 7) is 2.37. The van der Waals surface area contributed by atoms with Crippen LogP contribution in [0.4, 0.5) is 11.4 Å². The molecule has 8 heteroatoms. The largest absolute Gasteiger partial charge is 0.322 e. The van der Waals surface area contributed by atoms with Crippen LogP contribution < -0.4 is 15.4 Å². The average Bonchev–Trinajstić information content (AvgIpc) is 2.80. The average molecular weight is 452 g/mol. The molecule has 0 unspecified atom stereocenters. The molecule has 0 bridgehead atoms. The van der Waals surface area contributed by atoms with Gasteiger partial charge in [0.2, 0.25) is 10.0 Å². The highest BCUT2D eigenvalue weighted by molar-refractivity contribution is 7.89. The number of amides is 2. The van der Waals surface area contributed by atoms with Crippen LogP contribution in [0, 0.1) is 0 Å². The first kappa shape index (κ1) is 23.2. The Morgan fingerprint density at radius 3 is 1.75 bits per heavy atom. The van der Waals surface area contributed by atoms with E-state index in [1.165, 1.54) is 12.1 Å². The molecule has 0 aliphatic carbocycles. The fourth-order valence-electron chi connectivity index (χ4n) is 2.89. The molecule has 0 aromatic heterocycles.